The number of fused-ring (bicyclic) bond motifs is 3. The monoisotopic (exact) mass is 199 g/mol. The molecule has 2 atom stereocenters. The number of anilines is 1. The fourth-order valence-corrected chi connectivity index (χ4v) is 2.72. The molecule has 15 heavy (non-hydrogen) atoms. The van der Waals surface area contributed by atoms with Crippen molar-refractivity contribution in [2.45, 2.75) is 12.3 Å². The summed E-state index contributed by atoms with van der Waals surface area (Å²) in [6.45, 7) is 3.96. The molecule has 0 saturated heterocycles. The van der Waals surface area contributed by atoms with Gasteiger partial charge in [0, 0.05) is 18.7 Å². The minimum absolute atomic E-state index is 0.0462. The number of carbonyl (C=O) groups is 1. The third kappa shape index (κ3) is 0.965. The van der Waals surface area contributed by atoms with Crippen LogP contribution in [0.15, 0.2) is 36.4 Å². The molecule has 0 spiro atoms. The van der Waals surface area contributed by atoms with Crippen LogP contribution in [-0.4, -0.2) is 13.0 Å². The molecule has 1 amide bonds. The molecule has 1 fully saturated rings. The molecule has 1 aliphatic heterocycles. The summed E-state index contributed by atoms with van der Waals surface area (Å²) in [5.74, 6) is 0.636. The van der Waals surface area contributed by atoms with Crippen molar-refractivity contribution in [3.05, 3.63) is 42.0 Å². The van der Waals surface area contributed by atoms with Gasteiger partial charge in [-0.15, -0.1) is 0 Å². The van der Waals surface area contributed by atoms with E-state index in [0.29, 0.717) is 5.92 Å². The van der Waals surface area contributed by atoms with E-state index >= 15 is 0 Å². The molecule has 76 valence electrons. The minimum atomic E-state index is 0.0462. The van der Waals surface area contributed by atoms with Crippen LogP contribution in [0.1, 0.15) is 17.9 Å². The number of nitrogens with zero attached hydrogens (tertiary/aromatic N) is 1. The van der Waals surface area contributed by atoms with Crippen LogP contribution < -0.4 is 4.90 Å². The van der Waals surface area contributed by atoms with Crippen LogP contribution in [0.4, 0.5) is 5.69 Å². The van der Waals surface area contributed by atoms with E-state index in [0.717, 1.165) is 17.7 Å². The zero-order valence-electron chi connectivity index (χ0n) is 8.73. The first kappa shape index (κ1) is 8.72. The van der Waals surface area contributed by atoms with Crippen molar-refractivity contribution < 1.29 is 4.79 Å². The Balaban J connectivity index is 2.16. The van der Waals surface area contributed by atoms with Crippen LogP contribution in [0.5, 0.6) is 0 Å². The van der Waals surface area contributed by atoms with E-state index in [-0.39, 0.29) is 11.8 Å². The average molecular weight is 199 g/mol. The van der Waals surface area contributed by atoms with E-state index in [1.165, 1.54) is 5.56 Å². The lowest BCUT2D eigenvalue weighted by atomic mass is 9.64. The molecule has 0 N–H and O–H groups in total. The van der Waals surface area contributed by atoms with Crippen molar-refractivity contribution in [3.63, 3.8) is 0 Å². The molecule has 1 aromatic carbocycles. The van der Waals surface area contributed by atoms with Crippen LogP contribution in [-0.2, 0) is 4.79 Å². The standard InChI is InChI=1S/C13H13NO/c1-8-7-10-9-5-3-4-6-11(9)14(2)13(15)12(8)10/h3-6,10,12H,1,7H2,2H3/t10-,12-/m0/s1. The molecular weight excluding hydrogens is 186 g/mol. The lowest BCUT2D eigenvalue weighted by Gasteiger charge is -2.45. The lowest BCUT2D eigenvalue weighted by molar-refractivity contribution is -0.123. The quantitative estimate of drug-likeness (QED) is 0.587. The summed E-state index contributed by atoms with van der Waals surface area (Å²) in [4.78, 5) is 13.8. The predicted octanol–water partition coefficient (Wildman–Crippen LogP) is 2.32. The molecule has 3 rings (SSSR count). The second kappa shape index (κ2) is 2.72. The van der Waals surface area contributed by atoms with Gasteiger partial charge in [0.1, 0.15) is 0 Å². The van der Waals surface area contributed by atoms with Crippen molar-refractivity contribution >= 4 is 11.6 Å². The van der Waals surface area contributed by atoms with Gasteiger partial charge in [0.05, 0.1) is 5.92 Å². The zero-order valence-corrected chi connectivity index (χ0v) is 8.73. The van der Waals surface area contributed by atoms with E-state index < -0.39 is 0 Å². The molecule has 2 nitrogen and oxygen atoms in total. The largest absolute Gasteiger partial charge is 0.315 e. The van der Waals surface area contributed by atoms with Crippen LogP contribution in [0.3, 0.4) is 0 Å². The van der Waals surface area contributed by atoms with E-state index in [1.54, 1.807) is 4.90 Å². The third-order valence-corrected chi connectivity index (χ3v) is 3.62. The van der Waals surface area contributed by atoms with Crippen LogP contribution in [0.2, 0.25) is 0 Å². The SMILES string of the molecule is C=C1C[C@H]2c3ccccc3N(C)C(=O)[C@@H]12. The molecule has 2 aliphatic rings. The van der Waals surface area contributed by atoms with Gasteiger partial charge in [-0.3, -0.25) is 4.79 Å². The maximum atomic E-state index is 12.0. The first-order chi connectivity index (χ1) is 7.20. The molecule has 1 aliphatic carbocycles. The molecule has 1 aromatic rings. The van der Waals surface area contributed by atoms with Gasteiger partial charge in [0.15, 0.2) is 0 Å². The van der Waals surface area contributed by atoms with Gasteiger partial charge in [-0.2, -0.15) is 0 Å². The van der Waals surface area contributed by atoms with Gasteiger partial charge in [-0.05, 0) is 18.1 Å². The highest BCUT2D eigenvalue weighted by atomic mass is 16.2. The van der Waals surface area contributed by atoms with E-state index in [2.05, 4.69) is 12.6 Å². The Labute approximate surface area is 89.2 Å². The third-order valence-electron chi connectivity index (χ3n) is 3.62. The Morgan fingerprint density at radius 2 is 2.13 bits per heavy atom. The molecule has 0 unspecified atom stereocenters. The molecule has 1 heterocycles. The number of hydrogen-bond acceptors (Lipinski definition) is 1. The number of carbonyl (C=O) groups excluding carboxylic acids is 1. The maximum absolute atomic E-state index is 12.0. The maximum Gasteiger partial charge on any atom is 0.234 e. The number of hydrogen-bond donors (Lipinski definition) is 0. The van der Waals surface area contributed by atoms with Gasteiger partial charge in [0.2, 0.25) is 5.91 Å². The molecule has 0 bridgehead atoms. The highest BCUT2D eigenvalue weighted by Gasteiger charge is 2.46. The lowest BCUT2D eigenvalue weighted by Crippen LogP contribution is -2.46. The average Bonchev–Trinajstić information content (AvgIpc) is 2.23. The highest BCUT2D eigenvalue weighted by Crippen LogP contribution is 2.52. The van der Waals surface area contributed by atoms with Gasteiger partial charge >= 0.3 is 0 Å². The predicted molar refractivity (Wildman–Crippen MR) is 59.8 cm³/mol. The van der Waals surface area contributed by atoms with Gasteiger partial charge in [0.25, 0.3) is 0 Å². The van der Waals surface area contributed by atoms with Gasteiger partial charge < -0.3 is 4.90 Å². The van der Waals surface area contributed by atoms with Gasteiger partial charge in [-0.1, -0.05) is 30.4 Å². The van der Waals surface area contributed by atoms with Gasteiger partial charge in [-0.25, -0.2) is 0 Å². The smallest absolute Gasteiger partial charge is 0.234 e. The minimum Gasteiger partial charge on any atom is -0.315 e. The van der Waals surface area contributed by atoms with Crippen LogP contribution in [0, 0.1) is 5.92 Å². The topological polar surface area (TPSA) is 20.3 Å². The number of para-hydroxylation sites is 1. The molecule has 0 aromatic heterocycles. The van der Waals surface area contributed by atoms with Crippen molar-refractivity contribution in [2.24, 2.45) is 5.92 Å². The Hall–Kier alpha value is -1.57. The molecule has 0 radical (unpaired) electrons. The summed E-state index contributed by atoms with van der Waals surface area (Å²) in [5.41, 5.74) is 3.46. The summed E-state index contributed by atoms with van der Waals surface area (Å²) in [6.07, 6.45) is 0.973. The van der Waals surface area contributed by atoms with Crippen molar-refractivity contribution in [1.82, 2.24) is 0 Å². The van der Waals surface area contributed by atoms with E-state index in [4.69, 9.17) is 0 Å². The number of amides is 1. The molecule has 2 heteroatoms. The fourth-order valence-electron chi connectivity index (χ4n) is 2.72. The van der Waals surface area contributed by atoms with E-state index in [1.807, 2.05) is 25.2 Å². The first-order valence-electron chi connectivity index (χ1n) is 5.24. The zero-order chi connectivity index (χ0) is 10.6. The summed E-state index contributed by atoms with van der Waals surface area (Å²) in [5, 5.41) is 0. The van der Waals surface area contributed by atoms with Crippen molar-refractivity contribution in [2.75, 3.05) is 11.9 Å². The molecule has 1 saturated carbocycles. The Morgan fingerprint density at radius 3 is 2.87 bits per heavy atom. The normalized spacial score (nSPS) is 28.2. The number of rotatable bonds is 0. The second-order valence-corrected chi connectivity index (χ2v) is 4.40. The summed E-state index contributed by atoms with van der Waals surface area (Å²) in [6, 6.07) is 8.17. The fraction of sp³-hybridized carbons (Fsp3) is 0.308. The van der Waals surface area contributed by atoms with Crippen molar-refractivity contribution in [1.29, 1.82) is 0 Å². The summed E-state index contributed by atoms with van der Waals surface area (Å²) >= 11 is 0. The molecular formula is C13H13NO. The Morgan fingerprint density at radius 1 is 1.40 bits per heavy atom. The summed E-state index contributed by atoms with van der Waals surface area (Å²) in [7, 11) is 1.85. The first-order valence-corrected chi connectivity index (χ1v) is 5.24. The van der Waals surface area contributed by atoms with Crippen LogP contribution in [0.25, 0.3) is 0 Å². The Kier molecular flexibility index (Phi) is 1.58. The number of benzene rings is 1. The Bertz CT molecular complexity index is 463. The second-order valence-electron chi connectivity index (χ2n) is 4.40. The van der Waals surface area contributed by atoms with Crippen LogP contribution >= 0.6 is 0 Å². The highest BCUT2D eigenvalue weighted by molar-refractivity contribution is 6.01. The van der Waals surface area contributed by atoms with Crippen molar-refractivity contribution in [3.8, 4) is 0 Å². The van der Waals surface area contributed by atoms with E-state index in [9.17, 15) is 4.79 Å². The summed E-state index contributed by atoms with van der Waals surface area (Å²) < 4.78 is 0.